The van der Waals surface area contributed by atoms with Gasteiger partial charge in [-0.05, 0) is 48.8 Å². The Kier molecular flexibility index (Phi) is 6.93. The van der Waals surface area contributed by atoms with Gasteiger partial charge in [-0.25, -0.2) is 0 Å². The second kappa shape index (κ2) is 8.96. The minimum absolute atomic E-state index is 0.0224. The van der Waals surface area contributed by atoms with E-state index in [4.69, 9.17) is 23.8 Å². The van der Waals surface area contributed by atoms with Crippen molar-refractivity contribution < 1.29 is 4.79 Å². The number of anilines is 1. The molecule has 0 unspecified atom stereocenters. The molecule has 1 aliphatic rings. The van der Waals surface area contributed by atoms with Gasteiger partial charge >= 0.3 is 0 Å². The van der Waals surface area contributed by atoms with E-state index in [2.05, 4.69) is 16.2 Å². The molecule has 1 amide bonds. The van der Waals surface area contributed by atoms with Crippen molar-refractivity contribution in [3.05, 3.63) is 29.3 Å². The smallest absolute Gasteiger partial charge is 0.238 e. The van der Waals surface area contributed by atoms with Crippen LogP contribution in [-0.2, 0) is 4.79 Å². The first kappa shape index (κ1) is 17.0. The number of halogens is 1. The van der Waals surface area contributed by atoms with Crippen LogP contribution in [0.4, 0.5) is 5.69 Å². The van der Waals surface area contributed by atoms with Gasteiger partial charge in [-0.15, -0.1) is 0 Å². The molecule has 0 atom stereocenters. The fourth-order valence-corrected chi connectivity index (χ4v) is 2.99. The molecular formula is C16H22ClN3OS. The van der Waals surface area contributed by atoms with E-state index < -0.39 is 0 Å². The molecule has 22 heavy (non-hydrogen) atoms. The summed E-state index contributed by atoms with van der Waals surface area (Å²) in [5.74, 6) is 0.685. The molecule has 0 aromatic heterocycles. The number of carbonyl (C=O) groups is 1. The van der Waals surface area contributed by atoms with E-state index in [9.17, 15) is 4.79 Å². The quantitative estimate of drug-likeness (QED) is 0.573. The van der Waals surface area contributed by atoms with E-state index in [1.165, 1.54) is 32.1 Å². The lowest BCUT2D eigenvalue weighted by Gasteiger charge is -2.21. The van der Waals surface area contributed by atoms with Gasteiger partial charge in [-0.2, -0.15) is 0 Å². The Balaban J connectivity index is 1.62. The number of hydrogen-bond acceptors (Lipinski definition) is 2. The minimum atomic E-state index is -0.0224. The molecule has 0 bridgehead atoms. The highest BCUT2D eigenvalue weighted by Crippen LogP contribution is 2.27. The Morgan fingerprint density at radius 2 is 1.82 bits per heavy atom. The minimum Gasteiger partial charge on any atom is -0.331 e. The molecule has 6 heteroatoms. The molecule has 3 N–H and O–H groups in total. The molecule has 120 valence electrons. The van der Waals surface area contributed by atoms with E-state index in [0.29, 0.717) is 22.5 Å². The van der Waals surface area contributed by atoms with Crippen molar-refractivity contribution >= 4 is 40.5 Å². The molecule has 0 spiro atoms. The highest BCUT2D eigenvalue weighted by atomic mass is 35.5. The summed E-state index contributed by atoms with van der Waals surface area (Å²) in [6.07, 6.45) is 7.98. The zero-order chi connectivity index (χ0) is 15.8. The van der Waals surface area contributed by atoms with E-state index in [-0.39, 0.29) is 5.91 Å². The van der Waals surface area contributed by atoms with Crippen LogP contribution >= 0.6 is 23.8 Å². The Bertz CT molecular complexity index is 501. The van der Waals surface area contributed by atoms with E-state index in [1.54, 1.807) is 12.1 Å². The van der Waals surface area contributed by atoms with Crippen LogP contribution in [0.2, 0.25) is 5.02 Å². The summed E-state index contributed by atoms with van der Waals surface area (Å²) in [5, 5.41) is 4.00. The number of nitrogens with one attached hydrogen (secondary N) is 3. The van der Waals surface area contributed by atoms with Gasteiger partial charge in [-0.1, -0.05) is 43.7 Å². The lowest BCUT2D eigenvalue weighted by molar-refractivity contribution is -0.122. The molecule has 1 aromatic rings. The maximum Gasteiger partial charge on any atom is 0.238 e. The first-order valence-corrected chi connectivity index (χ1v) is 8.53. The molecule has 0 radical (unpaired) electrons. The van der Waals surface area contributed by atoms with E-state index >= 15 is 0 Å². The van der Waals surface area contributed by atoms with Crippen LogP contribution in [0.1, 0.15) is 44.9 Å². The van der Waals surface area contributed by atoms with Crippen LogP contribution in [0.15, 0.2) is 24.3 Å². The molecule has 0 heterocycles. The number of amides is 1. The van der Waals surface area contributed by atoms with Crippen LogP contribution in [0.3, 0.4) is 0 Å². The molecular weight excluding hydrogens is 318 g/mol. The Morgan fingerprint density at radius 3 is 2.50 bits per heavy atom. The molecule has 1 aromatic carbocycles. The summed E-state index contributed by atoms with van der Waals surface area (Å²) in [4.78, 5) is 11.8. The number of hydrazine groups is 1. The molecule has 0 saturated heterocycles. The topological polar surface area (TPSA) is 53.2 Å². The summed E-state index contributed by atoms with van der Waals surface area (Å²) < 4.78 is 0. The molecule has 2 rings (SSSR count). The fourth-order valence-electron chi connectivity index (χ4n) is 2.70. The predicted molar refractivity (Wildman–Crippen MR) is 94.8 cm³/mol. The molecule has 1 saturated carbocycles. The molecule has 4 nitrogen and oxygen atoms in total. The van der Waals surface area contributed by atoms with Crippen molar-refractivity contribution in [2.24, 2.45) is 5.92 Å². The standard InChI is InChI=1S/C16H22ClN3OS/c17-13-7-9-14(10-8-13)18-16(22)20-19-15(21)11-6-12-4-2-1-3-5-12/h7-10,12H,1-6,11H2,(H,19,21)(H2,18,20,22). The van der Waals surface area contributed by atoms with Crippen LogP contribution in [-0.4, -0.2) is 11.0 Å². The van der Waals surface area contributed by atoms with Crippen LogP contribution in [0, 0.1) is 5.92 Å². The third-order valence-corrected chi connectivity index (χ3v) is 4.38. The zero-order valence-electron chi connectivity index (χ0n) is 12.5. The van der Waals surface area contributed by atoms with Gasteiger partial charge < -0.3 is 5.32 Å². The second-order valence-corrected chi connectivity index (χ2v) is 6.52. The van der Waals surface area contributed by atoms with Crippen molar-refractivity contribution in [1.29, 1.82) is 0 Å². The van der Waals surface area contributed by atoms with Crippen LogP contribution < -0.4 is 16.2 Å². The molecule has 1 fully saturated rings. The zero-order valence-corrected chi connectivity index (χ0v) is 14.1. The largest absolute Gasteiger partial charge is 0.331 e. The highest BCUT2D eigenvalue weighted by Gasteiger charge is 2.14. The highest BCUT2D eigenvalue weighted by molar-refractivity contribution is 7.80. The van der Waals surface area contributed by atoms with Gasteiger partial charge in [0.25, 0.3) is 0 Å². The number of rotatable bonds is 4. The lowest BCUT2D eigenvalue weighted by Crippen LogP contribution is -2.43. The van der Waals surface area contributed by atoms with Crippen molar-refractivity contribution in [3.63, 3.8) is 0 Å². The molecule has 1 aliphatic carbocycles. The Morgan fingerprint density at radius 1 is 1.14 bits per heavy atom. The third-order valence-electron chi connectivity index (χ3n) is 3.92. The average Bonchev–Trinajstić information content (AvgIpc) is 2.54. The summed E-state index contributed by atoms with van der Waals surface area (Å²) in [6, 6.07) is 7.19. The SMILES string of the molecule is O=C(CCC1CCCCC1)NNC(=S)Nc1ccc(Cl)cc1. The van der Waals surface area contributed by atoms with E-state index in [1.807, 2.05) is 12.1 Å². The summed E-state index contributed by atoms with van der Waals surface area (Å²) >= 11 is 10.9. The molecule has 0 aliphatic heterocycles. The summed E-state index contributed by atoms with van der Waals surface area (Å²) in [5.41, 5.74) is 6.17. The first-order valence-electron chi connectivity index (χ1n) is 7.75. The second-order valence-electron chi connectivity index (χ2n) is 5.68. The van der Waals surface area contributed by atoms with Crippen molar-refractivity contribution in [2.75, 3.05) is 5.32 Å². The van der Waals surface area contributed by atoms with Gasteiger partial charge in [0.1, 0.15) is 0 Å². The first-order chi connectivity index (χ1) is 10.6. The normalized spacial score (nSPS) is 15.1. The van der Waals surface area contributed by atoms with Crippen molar-refractivity contribution in [3.8, 4) is 0 Å². The number of thiocarbonyl (C=S) groups is 1. The van der Waals surface area contributed by atoms with Crippen molar-refractivity contribution in [2.45, 2.75) is 44.9 Å². The number of carbonyl (C=O) groups excluding carboxylic acids is 1. The monoisotopic (exact) mass is 339 g/mol. The van der Waals surface area contributed by atoms with E-state index in [0.717, 1.165) is 12.1 Å². The maximum atomic E-state index is 11.8. The summed E-state index contributed by atoms with van der Waals surface area (Å²) in [7, 11) is 0. The van der Waals surface area contributed by atoms with Gasteiger partial charge in [0.2, 0.25) is 5.91 Å². The fraction of sp³-hybridized carbons (Fsp3) is 0.500. The Hall–Kier alpha value is -1.33. The van der Waals surface area contributed by atoms with Crippen LogP contribution in [0.25, 0.3) is 0 Å². The maximum absolute atomic E-state index is 11.8. The average molecular weight is 340 g/mol. The predicted octanol–water partition coefficient (Wildman–Crippen LogP) is 4.02. The van der Waals surface area contributed by atoms with Gasteiger partial charge in [0, 0.05) is 17.1 Å². The van der Waals surface area contributed by atoms with Gasteiger partial charge in [-0.3, -0.25) is 15.6 Å². The lowest BCUT2D eigenvalue weighted by atomic mass is 9.86. The third kappa shape index (κ3) is 6.20. The van der Waals surface area contributed by atoms with Gasteiger partial charge in [0.15, 0.2) is 5.11 Å². The van der Waals surface area contributed by atoms with Crippen LogP contribution in [0.5, 0.6) is 0 Å². The number of hydrogen-bond donors (Lipinski definition) is 3. The van der Waals surface area contributed by atoms with Gasteiger partial charge in [0.05, 0.1) is 0 Å². The summed E-state index contributed by atoms with van der Waals surface area (Å²) in [6.45, 7) is 0. The number of benzene rings is 1. The Labute approximate surface area is 142 Å². The van der Waals surface area contributed by atoms with Crippen molar-refractivity contribution in [1.82, 2.24) is 10.9 Å².